The maximum atomic E-state index is 13.6. The van der Waals surface area contributed by atoms with E-state index in [4.69, 9.17) is 18.3 Å². The van der Waals surface area contributed by atoms with Crippen molar-refractivity contribution < 1.29 is 28.2 Å². The molecule has 0 aliphatic carbocycles. The average molecular weight is 575 g/mol. The topological polar surface area (TPSA) is 141 Å². The molecule has 218 valence electrons. The number of nitrogens with zero attached hydrogens (tertiary/aromatic N) is 2. The first kappa shape index (κ1) is 27.5. The second-order valence-corrected chi connectivity index (χ2v) is 10.9. The van der Waals surface area contributed by atoms with Crippen LogP contribution in [0.4, 0.5) is 0 Å². The van der Waals surface area contributed by atoms with Gasteiger partial charge in [-0.1, -0.05) is 6.07 Å². The summed E-state index contributed by atoms with van der Waals surface area (Å²) in [6.45, 7) is 2.23. The molecule has 0 radical (unpaired) electrons. The van der Waals surface area contributed by atoms with E-state index in [1.807, 2.05) is 10.6 Å². The number of ether oxygens (including phenoxy) is 2. The van der Waals surface area contributed by atoms with Crippen molar-refractivity contribution in [2.24, 2.45) is 5.92 Å². The monoisotopic (exact) mass is 574 g/mol. The number of aromatic nitrogens is 1. The summed E-state index contributed by atoms with van der Waals surface area (Å²) in [6, 6.07) is 11.3. The summed E-state index contributed by atoms with van der Waals surface area (Å²) in [5.74, 6) is -1.61. The molecular formula is C31H30N2O9. The number of pyridine rings is 1. The fourth-order valence-corrected chi connectivity index (χ4v) is 6.30. The largest absolute Gasteiger partial charge is 0.502 e. The molecule has 1 saturated heterocycles. The number of carbonyl (C=O) groups is 1. The van der Waals surface area contributed by atoms with Gasteiger partial charge in [-0.15, -0.1) is 0 Å². The molecule has 5 heterocycles. The van der Waals surface area contributed by atoms with Crippen LogP contribution in [0.15, 0.2) is 71.9 Å². The maximum absolute atomic E-state index is 13.6. The predicted octanol–water partition coefficient (Wildman–Crippen LogP) is 2.94. The molecule has 3 atom stereocenters. The molecule has 0 spiro atoms. The van der Waals surface area contributed by atoms with Gasteiger partial charge in [0.1, 0.15) is 17.1 Å². The van der Waals surface area contributed by atoms with Gasteiger partial charge in [0.2, 0.25) is 11.2 Å². The van der Waals surface area contributed by atoms with E-state index in [0.717, 1.165) is 12.1 Å². The van der Waals surface area contributed by atoms with Crippen LogP contribution in [0.3, 0.4) is 0 Å². The smallest absolute Gasteiger partial charge is 0.306 e. The van der Waals surface area contributed by atoms with E-state index in [1.54, 1.807) is 24.3 Å². The highest BCUT2D eigenvalue weighted by molar-refractivity contribution is 5.79. The Morgan fingerprint density at radius 2 is 1.93 bits per heavy atom. The van der Waals surface area contributed by atoms with Gasteiger partial charge in [-0.3, -0.25) is 24.1 Å². The molecule has 2 aliphatic heterocycles. The number of hydrogen-bond acceptors (Lipinski definition) is 10. The molecule has 1 aromatic carbocycles. The number of likely N-dealkylation sites (tertiary alicyclic amines) is 1. The van der Waals surface area contributed by atoms with Crippen molar-refractivity contribution in [3.05, 3.63) is 102 Å². The van der Waals surface area contributed by atoms with Gasteiger partial charge in [-0.2, -0.15) is 0 Å². The molecule has 2 aliphatic rings. The first-order valence-electron chi connectivity index (χ1n) is 13.7. The normalized spacial score (nSPS) is 18.8. The average Bonchev–Trinajstić information content (AvgIpc) is 2.98. The molecule has 42 heavy (non-hydrogen) atoms. The van der Waals surface area contributed by atoms with Crippen LogP contribution < -0.4 is 21.2 Å². The maximum Gasteiger partial charge on any atom is 0.306 e. The Bertz CT molecular complexity index is 1850. The molecule has 0 amide bonds. The zero-order valence-electron chi connectivity index (χ0n) is 23.2. The Morgan fingerprint density at radius 3 is 2.71 bits per heavy atom. The SMILES string of the molecule is COC(=O)C[C@H](c1oc(CN2C[C@@H]3C[C@H](C2)c2cccc(=O)n2C3)cc(=O)c1O)c1coc2ccc(OC)cc2c1=O. The summed E-state index contributed by atoms with van der Waals surface area (Å²) in [6.07, 6.45) is 1.80. The second kappa shape index (κ2) is 11.0. The third-order valence-electron chi connectivity index (χ3n) is 8.23. The second-order valence-electron chi connectivity index (χ2n) is 10.9. The third-order valence-corrected chi connectivity index (χ3v) is 8.23. The molecule has 11 heteroatoms. The minimum Gasteiger partial charge on any atom is -0.502 e. The Hall–Kier alpha value is -4.64. The zero-order valence-corrected chi connectivity index (χ0v) is 23.2. The summed E-state index contributed by atoms with van der Waals surface area (Å²) >= 11 is 0. The van der Waals surface area contributed by atoms with Crippen LogP contribution in [-0.2, 0) is 22.6 Å². The highest BCUT2D eigenvalue weighted by Gasteiger charge is 2.35. The van der Waals surface area contributed by atoms with Crippen molar-refractivity contribution >= 4 is 16.9 Å². The van der Waals surface area contributed by atoms with Crippen molar-refractivity contribution in [1.82, 2.24) is 9.47 Å². The van der Waals surface area contributed by atoms with Crippen LogP contribution in [0, 0.1) is 5.92 Å². The molecule has 1 N–H and O–H groups in total. The minimum atomic E-state index is -1.16. The number of esters is 1. The Balaban J connectivity index is 1.37. The van der Waals surface area contributed by atoms with E-state index < -0.39 is 28.5 Å². The van der Waals surface area contributed by atoms with Crippen molar-refractivity contribution in [3.8, 4) is 11.5 Å². The molecule has 2 bridgehead atoms. The van der Waals surface area contributed by atoms with Crippen LogP contribution >= 0.6 is 0 Å². The quantitative estimate of drug-likeness (QED) is 0.328. The lowest BCUT2D eigenvalue weighted by atomic mass is 9.83. The fraction of sp³-hybridized carbons (Fsp3) is 0.355. The molecule has 4 aromatic rings. The van der Waals surface area contributed by atoms with Crippen LogP contribution in [0.1, 0.15) is 47.5 Å². The molecule has 3 aromatic heterocycles. The number of carbonyl (C=O) groups excluding carboxylic acids is 1. The molecule has 6 rings (SSSR count). The summed E-state index contributed by atoms with van der Waals surface area (Å²) in [5.41, 5.74) is 0.162. The van der Waals surface area contributed by atoms with Crippen molar-refractivity contribution in [2.75, 3.05) is 27.3 Å². The van der Waals surface area contributed by atoms with Crippen molar-refractivity contribution in [2.45, 2.75) is 37.8 Å². The van der Waals surface area contributed by atoms with Gasteiger partial charge in [0.15, 0.2) is 11.2 Å². The molecular weight excluding hydrogens is 544 g/mol. The summed E-state index contributed by atoms with van der Waals surface area (Å²) in [4.78, 5) is 53.6. The van der Waals surface area contributed by atoms with E-state index in [0.29, 0.717) is 31.0 Å². The summed E-state index contributed by atoms with van der Waals surface area (Å²) in [7, 11) is 2.68. The van der Waals surface area contributed by atoms with Gasteiger partial charge >= 0.3 is 5.97 Å². The molecule has 1 fully saturated rings. The number of benzene rings is 1. The zero-order chi connectivity index (χ0) is 29.5. The number of fused-ring (bicyclic) bond motifs is 5. The van der Waals surface area contributed by atoms with E-state index in [-0.39, 0.29) is 52.8 Å². The Kier molecular flexibility index (Phi) is 7.19. The van der Waals surface area contributed by atoms with Crippen molar-refractivity contribution in [3.63, 3.8) is 0 Å². The van der Waals surface area contributed by atoms with E-state index in [2.05, 4.69) is 4.90 Å². The van der Waals surface area contributed by atoms with Gasteiger partial charge in [-0.25, -0.2) is 0 Å². The van der Waals surface area contributed by atoms with E-state index >= 15 is 0 Å². The lowest BCUT2D eigenvalue weighted by Crippen LogP contribution is -2.46. The summed E-state index contributed by atoms with van der Waals surface area (Å²) < 4.78 is 23.8. The number of rotatable bonds is 7. The van der Waals surface area contributed by atoms with Crippen LogP contribution in [0.2, 0.25) is 0 Å². The molecule has 0 saturated carbocycles. The lowest BCUT2D eigenvalue weighted by Gasteiger charge is -2.42. The van der Waals surface area contributed by atoms with Crippen LogP contribution in [0.25, 0.3) is 11.0 Å². The third kappa shape index (κ3) is 5.00. The fourth-order valence-electron chi connectivity index (χ4n) is 6.30. The first-order valence-corrected chi connectivity index (χ1v) is 13.7. The lowest BCUT2D eigenvalue weighted by molar-refractivity contribution is -0.140. The molecule has 11 nitrogen and oxygen atoms in total. The van der Waals surface area contributed by atoms with Crippen molar-refractivity contribution in [1.29, 1.82) is 0 Å². The predicted molar refractivity (Wildman–Crippen MR) is 151 cm³/mol. The standard InChI is InChI=1S/C31H30N2O9/c1-39-19-6-7-26-22(9-19)29(37)23(16-41-26)21(11-28(36)40-2)31-30(38)25(34)10-20(42-31)15-32-12-17-8-18(14-32)24-4-3-5-27(35)33(24)13-17/h3-7,9-10,16-18,21,38H,8,11-15H2,1-2H3/t17-,18+,21-/m0/s1. The number of aromatic hydroxyl groups is 1. The first-order chi connectivity index (χ1) is 20.2. The Labute approximate surface area is 239 Å². The minimum absolute atomic E-state index is 0.00178. The van der Waals surface area contributed by atoms with Gasteiger partial charge in [0, 0.05) is 48.9 Å². The van der Waals surface area contributed by atoms with Gasteiger partial charge < -0.3 is 28.0 Å². The number of piperidine rings is 1. The summed E-state index contributed by atoms with van der Waals surface area (Å²) in [5, 5.41) is 11.0. The highest BCUT2D eigenvalue weighted by atomic mass is 16.5. The number of hydrogen-bond donors (Lipinski definition) is 1. The van der Waals surface area contributed by atoms with Gasteiger partial charge in [0.25, 0.3) is 5.56 Å². The van der Waals surface area contributed by atoms with E-state index in [9.17, 15) is 24.3 Å². The number of methoxy groups -OCH3 is 2. The van der Waals surface area contributed by atoms with E-state index in [1.165, 1.54) is 32.6 Å². The van der Waals surface area contributed by atoms with Crippen LogP contribution in [-0.4, -0.2) is 47.9 Å². The van der Waals surface area contributed by atoms with Gasteiger partial charge in [-0.05, 0) is 36.6 Å². The van der Waals surface area contributed by atoms with Gasteiger partial charge in [0.05, 0.1) is 44.8 Å². The molecule has 0 unspecified atom stereocenters. The van der Waals surface area contributed by atoms with Crippen LogP contribution in [0.5, 0.6) is 11.5 Å². The Morgan fingerprint density at radius 1 is 1.10 bits per heavy atom. The highest BCUT2D eigenvalue weighted by Crippen LogP contribution is 2.37.